The first-order chi connectivity index (χ1) is 15.7. The summed E-state index contributed by atoms with van der Waals surface area (Å²) in [5.41, 5.74) is -0.186. The highest BCUT2D eigenvalue weighted by molar-refractivity contribution is 6.40. The van der Waals surface area contributed by atoms with Gasteiger partial charge in [-0.3, -0.25) is 9.59 Å². The van der Waals surface area contributed by atoms with Gasteiger partial charge in [0, 0.05) is 13.1 Å². The zero-order valence-electron chi connectivity index (χ0n) is 17.0. The second kappa shape index (κ2) is 9.20. The number of imidazole rings is 1. The van der Waals surface area contributed by atoms with Crippen molar-refractivity contribution in [3.8, 4) is 0 Å². The SMILES string of the molecule is O=C(Nc1c(Cl)cccc1Cl)c1cccc2c1nc(C(F)(F)F)n2CC(=O)N1CCOCC1. The number of carbonyl (C=O) groups is 2. The average molecular weight is 501 g/mol. The Labute approximate surface area is 196 Å². The molecule has 2 amide bonds. The van der Waals surface area contributed by atoms with Gasteiger partial charge in [0.15, 0.2) is 0 Å². The smallest absolute Gasteiger partial charge is 0.378 e. The minimum absolute atomic E-state index is 0.00170. The summed E-state index contributed by atoms with van der Waals surface area (Å²) in [5, 5.41) is 2.86. The van der Waals surface area contributed by atoms with Gasteiger partial charge in [-0.1, -0.05) is 35.3 Å². The Balaban J connectivity index is 1.74. The van der Waals surface area contributed by atoms with Crippen molar-refractivity contribution >= 4 is 51.7 Å². The molecule has 1 aromatic heterocycles. The Morgan fingerprint density at radius 3 is 2.33 bits per heavy atom. The topological polar surface area (TPSA) is 76.5 Å². The lowest BCUT2D eigenvalue weighted by molar-refractivity contribution is -0.148. The van der Waals surface area contributed by atoms with Gasteiger partial charge < -0.3 is 19.5 Å². The molecule has 0 aliphatic carbocycles. The molecule has 0 saturated carbocycles. The van der Waals surface area contributed by atoms with E-state index in [-0.39, 0.29) is 32.3 Å². The van der Waals surface area contributed by atoms with Crippen molar-refractivity contribution in [2.24, 2.45) is 0 Å². The molecule has 2 heterocycles. The predicted octanol–water partition coefficient (Wildman–Crippen LogP) is 4.47. The minimum Gasteiger partial charge on any atom is -0.378 e. The number of ether oxygens (including phenoxy) is 1. The number of morpholine rings is 1. The van der Waals surface area contributed by atoms with Crippen molar-refractivity contribution in [1.82, 2.24) is 14.5 Å². The number of fused-ring (bicyclic) bond motifs is 1. The fraction of sp³-hybridized carbons (Fsp3) is 0.286. The van der Waals surface area contributed by atoms with E-state index in [1.54, 1.807) is 6.07 Å². The van der Waals surface area contributed by atoms with Gasteiger partial charge in [0.2, 0.25) is 11.7 Å². The van der Waals surface area contributed by atoms with Crippen molar-refractivity contribution in [2.75, 3.05) is 31.6 Å². The molecule has 0 atom stereocenters. The van der Waals surface area contributed by atoms with Crippen molar-refractivity contribution in [3.05, 3.63) is 57.8 Å². The largest absolute Gasteiger partial charge is 0.449 e. The summed E-state index contributed by atoms with van der Waals surface area (Å²) < 4.78 is 47.4. The Hall–Kier alpha value is -2.82. The predicted molar refractivity (Wildman–Crippen MR) is 117 cm³/mol. The van der Waals surface area contributed by atoms with Crippen LogP contribution in [0.1, 0.15) is 16.2 Å². The summed E-state index contributed by atoms with van der Waals surface area (Å²) in [7, 11) is 0. The van der Waals surface area contributed by atoms with E-state index in [4.69, 9.17) is 27.9 Å². The van der Waals surface area contributed by atoms with Crippen molar-refractivity contribution in [1.29, 1.82) is 0 Å². The van der Waals surface area contributed by atoms with E-state index >= 15 is 0 Å². The van der Waals surface area contributed by atoms with Crippen molar-refractivity contribution < 1.29 is 27.5 Å². The number of rotatable bonds is 4. The molecule has 7 nitrogen and oxygen atoms in total. The number of benzene rings is 2. The zero-order chi connectivity index (χ0) is 23.8. The monoisotopic (exact) mass is 500 g/mol. The van der Waals surface area contributed by atoms with Crippen LogP contribution in [0.2, 0.25) is 10.0 Å². The number of amides is 2. The third kappa shape index (κ3) is 4.78. The maximum Gasteiger partial charge on any atom is 0.449 e. The van der Waals surface area contributed by atoms with E-state index in [1.165, 1.54) is 35.2 Å². The molecule has 1 N–H and O–H groups in total. The molecule has 0 unspecified atom stereocenters. The highest BCUT2D eigenvalue weighted by atomic mass is 35.5. The minimum atomic E-state index is -4.84. The van der Waals surface area contributed by atoms with E-state index in [9.17, 15) is 22.8 Å². The van der Waals surface area contributed by atoms with Gasteiger partial charge >= 0.3 is 6.18 Å². The molecule has 0 radical (unpaired) electrons. The molecule has 1 saturated heterocycles. The normalized spacial score (nSPS) is 14.5. The summed E-state index contributed by atoms with van der Waals surface area (Å²) in [6, 6.07) is 8.74. The number of nitrogens with zero attached hydrogens (tertiary/aromatic N) is 3. The molecule has 0 spiro atoms. The quantitative estimate of drug-likeness (QED) is 0.573. The van der Waals surface area contributed by atoms with E-state index in [0.29, 0.717) is 26.3 Å². The van der Waals surface area contributed by atoms with E-state index in [0.717, 1.165) is 4.57 Å². The molecule has 4 rings (SSSR count). The number of alkyl halides is 3. The maximum atomic E-state index is 13.8. The van der Waals surface area contributed by atoms with Gasteiger partial charge in [-0.15, -0.1) is 0 Å². The zero-order valence-corrected chi connectivity index (χ0v) is 18.5. The van der Waals surface area contributed by atoms with Gasteiger partial charge in [0.25, 0.3) is 5.91 Å². The van der Waals surface area contributed by atoms with Crippen LogP contribution in [0.15, 0.2) is 36.4 Å². The van der Waals surface area contributed by atoms with Crippen LogP contribution < -0.4 is 5.32 Å². The molecule has 3 aromatic rings. The first kappa shape index (κ1) is 23.3. The number of halogens is 5. The lowest BCUT2D eigenvalue weighted by Gasteiger charge is -2.27. The lowest BCUT2D eigenvalue weighted by atomic mass is 10.1. The van der Waals surface area contributed by atoms with Gasteiger partial charge in [0.05, 0.1) is 40.0 Å². The maximum absolute atomic E-state index is 13.8. The highest BCUT2D eigenvalue weighted by Gasteiger charge is 2.39. The molecule has 33 heavy (non-hydrogen) atoms. The van der Waals surface area contributed by atoms with Crippen LogP contribution in [0.3, 0.4) is 0 Å². The fourth-order valence-electron chi connectivity index (χ4n) is 3.55. The molecule has 174 valence electrons. The third-order valence-corrected chi connectivity index (χ3v) is 5.77. The number of anilines is 1. The lowest BCUT2D eigenvalue weighted by Crippen LogP contribution is -2.42. The number of para-hydroxylation sites is 2. The Morgan fingerprint density at radius 2 is 1.70 bits per heavy atom. The Morgan fingerprint density at radius 1 is 1.06 bits per heavy atom. The molecule has 2 aromatic carbocycles. The van der Waals surface area contributed by atoms with Crippen LogP contribution in [0, 0.1) is 0 Å². The Kier molecular flexibility index (Phi) is 6.51. The van der Waals surface area contributed by atoms with Crippen LogP contribution in [0.4, 0.5) is 18.9 Å². The third-order valence-electron chi connectivity index (χ3n) is 5.14. The van der Waals surface area contributed by atoms with Crippen LogP contribution in [-0.4, -0.2) is 52.6 Å². The molecule has 1 aliphatic heterocycles. The summed E-state index contributed by atoms with van der Waals surface area (Å²) in [6.45, 7) is 0.639. The number of hydrogen-bond donors (Lipinski definition) is 1. The Bertz CT molecular complexity index is 1200. The van der Waals surface area contributed by atoms with Crippen LogP contribution in [-0.2, 0) is 22.3 Å². The van der Waals surface area contributed by atoms with Crippen molar-refractivity contribution in [3.63, 3.8) is 0 Å². The number of aromatic nitrogens is 2. The van der Waals surface area contributed by atoms with Gasteiger partial charge in [0.1, 0.15) is 12.1 Å². The molecular weight excluding hydrogens is 484 g/mol. The number of hydrogen-bond acceptors (Lipinski definition) is 4. The summed E-state index contributed by atoms with van der Waals surface area (Å²) in [4.78, 5) is 30.7. The fourth-order valence-corrected chi connectivity index (χ4v) is 4.04. The first-order valence-electron chi connectivity index (χ1n) is 9.84. The molecule has 0 bridgehead atoms. The van der Waals surface area contributed by atoms with E-state index in [1.807, 2.05) is 0 Å². The van der Waals surface area contributed by atoms with E-state index < -0.39 is 30.4 Å². The van der Waals surface area contributed by atoms with Crippen LogP contribution in [0.5, 0.6) is 0 Å². The molecular formula is C21H17Cl2F3N4O3. The summed E-state index contributed by atoms with van der Waals surface area (Å²) in [6.07, 6.45) is -4.84. The second-order valence-electron chi connectivity index (χ2n) is 7.24. The molecule has 12 heteroatoms. The average Bonchev–Trinajstić information content (AvgIpc) is 3.16. The van der Waals surface area contributed by atoms with Crippen molar-refractivity contribution in [2.45, 2.75) is 12.7 Å². The highest BCUT2D eigenvalue weighted by Crippen LogP contribution is 2.34. The van der Waals surface area contributed by atoms with Gasteiger partial charge in [-0.2, -0.15) is 13.2 Å². The van der Waals surface area contributed by atoms with Gasteiger partial charge in [-0.05, 0) is 24.3 Å². The first-order valence-corrected chi connectivity index (χ1v) is 10.6. The van der Waals surface area contributed by atoms with Crippen LogP contribution >= 0.6 is 23.2 Å². The van der Waals surface area contributed by atoms with Gasteiger partial charge in [-0.25, -0.2) is 4.98 Å². The van der Waals surface area contributed by atoms with E-state index in [2.05, 4.69) is 10.3 Å². The number of carbonyl (C=O) groups excluding carboxylic acids is 2. The van der Waals surface area contributed by atoms with Crippen LogP contribution in [0.25, 0.3) is 11.0 Å². The number of nitrogens with one attached hydrogen (secondary N) is 1. The summed E-state index contributed by atoms with van der Waals surface area (Å²) >= 11 is 12.2. The second-order valence-corrected chi connectivity index (χ2v) is 8.05. The molecule has 1 fully saturated rings. The standard InChI is InChI=1S/C21H17Cl2F3N4O3/c22-13-4-2-5-14(23)18(13)27-19(32)12-3-1-6-15-17(12)28-20(21(24,25)26)30(15)11-16(31)29-7-9-33-10-8-29/h1-6H,7-11H2,(H,27,32). The molecule has 1 aliphatic rings. The summed E-state index contributed by atoms with van der Waals surface area (Å²) in [5.74, 6) is -2.51.